The van der Waals surface area contributed by atoms with Gasteiger partial charge in [-0.05, 0) is 79.9 Å². The molecule has 0 unspecified atom stereocenters. The third kappa shape index (κ3) is 7.21. The molecule has 0 aliphatic carbocycles. The van der Waals surface area contributed by atoms with Gasteiger partial charge in [0.05, 0.1) is 19.5 Å². The van der Waals surface area contributed by atoms with Crippen LogP contribution in [0.15, 0.2) is 194 Å². The molecule has 0 bridgehead atoms. The van der Waals surface area contributed by atoms with E-state index in [9.17, 15) is 0 Å². The lowest BCUT2D eigenvalue weighted by Gasteiger charge is -2.16. The molecule has 0 aliphatic rings. The Kier molecular flexibility index (Phi) is 9.07. The fourth-order valence-corrected chi connectivity index (χ4v) is 8.01. The molecule has 8 aromatic rings. The minimum Gasteiger partial charge on any atom is -0.248 e. The van der Waals surface area contributed by atoms with Gasteiger partial charge in [-0.1, -0.05) is 195 Å². The van der Waals surface area contributed by atoms with Gasteiger partial charge in [-0.3, -0.25) is 0 Å². The van der Waals surface area contributed by atoms with E-state index in [1.165, 1.54) is 55.3 Å². The first kappa shape index (κ1) is 33.1. The highest BCUT2D eigenvalue weighted by Crippen LogP contribution is 2.34. The number of hydrogen-bond acceptors (Lipinski definition) is 1. The van der Waals surface area contributed by atoms with Crippen molar-refractivity contribution in [2.45, 2.75) is 19.6 Å². The van der Waals surface area contributed by atoms with Gasteiger partial charge in [0, 0.05) is 11.1 Å². The average Bonchev–Trinajstić information content (AvgIpc) is 3.21. The molecule has 0 amide bonds. The van der Waals surface area contributed by atoms with Gasteiger partial charge < -0.3 is 0 Å². The molecule has 7 aromatic carbocycles. The molecule has 0 saturated heterocycles. The van der Waals surface area contributed by atoms with E-state index in [0.717, 1.165) is 28.1 Å². The van der Waals surface area contributed by atoms with Crippen LogP contribution in [-0.2, 0) is 0 Å². The maximum Gasteiger partial charge on any atom is 0.0775 e. The molecule has 0 atom stereocenters. The number of hydrogen-bond donors (Lipinski definition) is 0. The first-order chi connectivity index (χ1) is 25.4. The molecule has 52 heavy (non-hydrogen) atoms. The Bertz CT molecular complexity index is 2380. The second-order valence-corrected chi connectivity index (χ2v) is 19.6. The molecule has 0 spiro atoms. The smallest absolute Gasteiger partial charge is 0.0775 e. The second kappa shape index (κ2) is 14.3. The zero-order valence-corrected chi connectivity index (χ0v) is 30.9. The lowest BCUT2D eigenvalue weighted by Crippen LogP contribution is -2.37. The first-order valence-corrected chi connectivity index (χ1v) is 21.5. The van der Waals surface area contributed by atoms with E-state index in [1.54, 1.807) is 0 Å². The largest absolute Gasteiger partial charge is 0.248 e. The van der Waals surface area contributed by atoms with Crippen molar-refractivity contribution in [3.63, 3.8) is 0 Å². The molecule has 0 fully saturated rings. The highest BCUT2D eigenvalue weighted by atomic mass is 28.3. The van der Waals surface area contributed by atoms with E-state index in [1.807, 2.05) is 6.07 Å². The molecule has 1 aromatic heterocycles. The molecular formula is C50H41NSi. The number of aromatic nitrogens is 1. The van der Waals surface area contributed by atoms with Crippen LogP contribution in [0.3, 0.4) is 0 Å². The third-order valence-electron chi connectivity index (χ3n) is 9.88. The van der Waals surface area contributed by atoms with Gasteiger partial charge >= 0.3 is 0 Å². The summed E-state index contributed by atoms with van der Waals surface area (Å²) in [5, 5.41) is 1.49. The van der Waals surface area contributed by atoms with Crippen molar-refractivity contribution >= 4 is 13.3 Å². The molecule has 1 heterocycles. The Hall–Kier alpha value is -6.09. The lowest BCUT2D eigenvalue weighted by molar-refractivity contribution is 1.32. The summed E-state index contributed by atoms with van der Waals surface area (Å²) in [5.41, 5.74) is 16.2. The maximum atomic E-state index is 5.16. The second-order valence-electron chi connectivity index (χ2n) is 14.5. The molecule has 250 valence electrons. The van der Waals surface area contributed by atoms with Crippen molar-refractivity contribution < 1.29 is 0 Å². The van der Waals surface area contributed by atoms with Crippen LogP contribution in [0, 0.1) is 0 Å². The zero-order chi connectivity index (χ0) is 35.5. The normalized spacial score (nSPS) is 11.4. The summed E-state index contributed by atoms with van der Waals surface area (Å²) in [7, 11) is -1.30. The van der Waals surface area contributed by atoms with Crippen molar-refractivity contribution in [3.8, 4) is 78.1 Å². The van der Waals surface area contributed by atoms with E-state index < -0.39 is 8.07 Å². The fourth-order valence-electron chi connectivity index (χ4n) is 6.84. The quantitative estimate of drug-likeness (QED) is 0.145. The molecule has 0 aliphatic heterocycles. The van der Waals surface area contributed by atoms with Gasteiger partial charge in [0.1, 0.15) is 0 Å². The van der Waals surface area contributed by atoms with E-state index in [2.05, 4.69) is 208 Å². The van der Waals surface area contributed by atoms with Gasteiger partial charge in [-0.15, -0.1) is 0 Å². The van der Waals surface area contributed by atoms with Crippen LogP contribution in [0.1, 0.15) is 0 Å². The molecule has 1 nitrogen and oxygen atoms in total. The summed E-state index contributed by atoms with van der Waals surface area (Å²) < 4.78 is 0. The summed E-state index contributed by atoms with van der Waals surface area (Å²) in [6.07, 6.45) is 0. The van der Waals surface area contributed by atoms with E-state index >= 15 is 0 Å². The Morgan fingerprint density at radius 3 is 1.08 bits per heavy atom. The van der Waals surface area contributed by atoms with Gasteiger partial charge in [-0.25, -0.2) is 4.98 Å². The summed E-state index contributed by atoms with van der Waals surface area (Å²) in [5.74, 6) is 0. The fraction of sp³-hybridized carbons (Fsp3) is 0.0600. The van der Waals surface area contributed by atoms with Crippen LogP contribution >= 0.6 is 0 Å². The van der Waals surface area contributed by atoms with Crippen LogP contribution in [0.4, 0.5) is 0 Å². The van der Waals surface area contributed by atoms with E-state index in [0.29, 0.717) is 0 Å². The Morgan fingerprint density at radius 1 is 0.269 bits per heavy atom. The predicted octanol–water partition coefficient (Wildman–Crippen LogP) is 13.3. The molecule has 0 N–H and O–H groups in total. The Balaban J connectivity index is 1.05. The summed E-state index contributed by atoms with van der Waals surface area (Å²) in [6.45, 7) is 7.18. The Morgan fingerprint density at radius 2 is 0.596 bits per heavy atom. The number of pyridine rings is 1. The predicted molar refractivity (Wildman–Crippen MR) is 225 cm³/mol. The molecule has 2 heteroatoms. The highest BCUT2D eigenvalue weighted by Gasteiger charge is 2.16. The van der Waals surface area contributed by atoms with Crippen LogP contribution < -0.4 is 5.19 Å². The number of nitrogens with zero attached hydrogens (tertiary/aromatic N) is 1. The van der Waals surface area contributed by atoms with Crippen molar-refractivity contribution in [1.29, 1.82) is 0 Å². The topological polar surface area (TPSA) is 12.9 Å². The van der Waals surface area contributed by atoms with Gasteiger partial charge in [0.25, 0.3) is 0 Å². The summed E-state index contributed by atoms with van der Waals surface area (Å²) in [6, 6.07) is 70.0. The van der Waals surface area contributed by atoms with Crippen molar-refractivity contribution in [2.75, 3.05) is 0 Å². The number of benzene rings is 7. The minimum absolute atomic E-state index is 0.960. The van der Waals surface area contributed by atoms with Gasteiger partial charge in [-0.2, -0.15) is 0 Å². The lowest BCUT2D eigenvalue weighted by atomic mass is 9.95. The Labute approximate surface area is 309 Å². The minimum atomic E-state index is -1.30. The summed E-state index contributed by atoms with van der Waals surface area (Å²) in [4.78, 5) is 5.16. The molecule has 0 saturated carbocycles. The number of rotatable bonds is 8. The highest BCUT2D eigenvalue weighted by molar-refractivity contribution is 6.88. The zero-order valence-electron chi connectivity index (χ0n) is 29.9. The van der Waals surface area contributed by atoms with Crippen LogP contribution in [0.5, 0.6) is 0 Å². The first-order valence-electron chi connectivity index (χ1n) is 18.0. The standard InChI is InChI=1S/C50H41NSi/c1-52(2,3)48-30-28-40(29-31-48)39-22-20-37(21-23-39)38-24-26-41(27-25-38)43-16-10-17-44(32-43)45-18-11-19-46(33-45)50-35-47(36-12-6-4-7-13-36)34-49(51-50)42-14-8-5-9-15-42/h4-35H,1-3H3. The van der Waals surface area contributed by atoms with Crippen molar-refractivity contribution in [1.82, 2.24) is 4.98 Å². The third-order valence-corrected chi connectivity index (χ3v) is 11.9. The van der Waals surface area contributed by atoms with Gasteiger partial charge in [0.2, 0.25) is 0 Å². The molecule has 0 radical (unpaired) electrons. The monoisotopic (exact) mass is 683 g/mol. The van der Waals surface area contributed by atoms with Gasteiger partial charge in [0.15, 0.2) is 0 Å². The molecular weight excluding hydrogens is 643 g/mol. The SMILES string of the molecule is C[Si](C)(C)c1ccc(-c2ccc(-c3ccc(-c4cccc(-c5cccc(-c6cc(-c7ccccc7)cc(-c7ccccc7)n6)c5)c4)cc3)cc2)cc1. The van der Waals surface area contributed by atoms with Crippen molar-refractivity contribution in [3.05, 3.63) is 194 Å². The van der Waals surface area contributed by atoms with Crippen LogP contribution in [-0.4, -0.2) is 13.1 Å². The van der Waals surface area contributed by atoms with Crippen LogP contribution in [0.2, 0.25) is 19.6 Å². The van der Waals surface area contributed by atoms with E-state index in [4.69, 9.17) is 4.98 Å². The molecule has 8 rings (SSSR count). The van der Waals surface area contributed by atoms with Crippen molar-refractivity contribution in [2.24, 2.45) is 0 Å². The van der Waals surface area contributed by atoms with Crippen LogP contribution in [0.25, 0.3) is 78.1 Å². The maximum absolute atomic E-state index is 5.16. The average molecular weight is 684 g/mol. The van der Waals surface area contributed by atoms with E-state index in [-0.39, 0.29) is 0 Å². The summed E-state index contributed by atoms with van der Waals surface area (Å²) >= 11 is 0.